The molecular formula is C26H24Cl2NNaO4S. The SMILES string of the molecule is COc1ccc(CCCCOc2ccc(CSc3ccc(Cl)cc3Cl)nc2/C=C/C(=O)[O-])cc1.[Na+]. The third-order valence-electron chi connectivity index (χ3n) is 4.87. The summed E-state index contributed by atoms with van der Waals surface area (Å²) in [5.41, 5.74) is 2.45. The molecule has 0 radical (unpaired) electrons. The van der Waals surface area contributed by atoms with E-state index in [1.54, 1.807) is 19.2 Å². The maximum atomic E-state index is 10.9. The number of aliphatic carboxylic acids is 1. The molecule has 1 aromatic heterocycles. The van der Waals surface area contributed by atoms with E-state index in [0.29, 0.717) is 33.8 Å². The van der Waals surface area contributed by atoms with Crippen molar-refractivity contribution in [1.29, 1.82) is 0 Å². The van der Waals surface area contributed by atoms with E-state index in [2.05, 4.69) is 17.1 Å². The van der Waals surface area contributed by atoms with Gasteiger partial charge in [0.2, 0.25) is 0 Å². The molecule has 0 fully saturated rings. The monoisotopic (exact) mass is 539 g/mol. The van der Waals surface area contributed by atoms with Gasteiger partial charge in [-0.15, -0.1) is 11.8 Å². The Hall–Kier alpha value is -1.67. The summed E-state index contributed by atoms with van der Waals surface area (Å²) in [7, 11) is 1.65. The Balaban J connectivity index is 0.00000432. The van der Waals surface area contributed by atoms with Crippen molar-refractivity contribution >= 4 is 47.0 Å². The summed E-state index contributed by atoms with van der Waals surface area (Å²) in [5.74, 6) is 0.630. The molecule has 35 heavy (non-hydrogen) atoms. The molecule has 1 heterocycles. The number of benzene rings is 2. The summed E-state index contributed by atoms with van der Waals surface area (Å²) >= 11 is 13.7. The van der Waals surface area contributed by atoms with Gasteiger partial charge in [0.25, 0.3) is 0 Å². The number of carboxylic acids is 1. The minimum Gasteiger partial charge on any atom is -0.545 e. The second-order valence-corrected chi connectivity index (χ2v) is 9.22. The number of hydrogen-bond acceptors (Lipinski definition) is 6. The molecule has 0 spiro atoms. The number of thioether (sulfide) groups is 1. The maximum absolute atomic E-state index is 10.9. The van der Waals surface area contributed by atoms with Gasteiger partial charge in [-0.2, -0.15) is 0 Å². The van der Waals surface area contributed by atoms with Crippen LogP contribution in [0.4, 0.5) is 0 Å². The minimum absolute atomic E-state index is 0. The fraction of sp³-hybridized carbons (Fsp3) is 0.231. The zero-order valence-electron chi connectivity index (χ0n) is 19.6. The van der Waals surface area contributed by atoms with Gasteiger partial charge in [-0.25, -0.2) is 4.98 Å². The number of carbonyl (C=O) groups excluding carboxylic acids is 1. The molecule has 0 amide bonds. The molecule has 0 saturated carbocycles. The van der Waals surface area contributed by atoms with Crippen molar-refractivity contribution in [2.75, 3.05) is 13.7 Å². The van der Waals surface area contributed by atoms with Gasteiger partial charge >= 0.3 is 29.6 Å². The molecule has 2 aromatic carbocycles. The van der Waals surface area contributed by atoms with Crippen molar-refractivity contribution in [2.45, 2.75) is 29.9 Å². The van der Waals surface area contributed by atoms with E-state index in [4.69, 9.17) is 32.7 Å². The molecule has 0 aliphatic rings. The third-order valence-corrected chi connectivity index (χ3v) is 6.63. The quantitative estimate of drug-likeness (QED) is 0.152. The third kappa shape index (κ3) is 10.1. The van der Waals surface area contributed by atoms with Gasteiger partial charge in [0.05, 0.1) is 30.4 Å². The van der Waals surface area contributed by atoms with E-state index >= 15 is 0 Å². The van der Waals surface area contributed by atoms with Gasteiger partial charge in [-0.3, -0.25) is 0 Å². The molecule has 0 aliphatic carbocycles. The van der Waals surface area contributed by atoms with Crippen LogP contribution >= 0.6 is 35.0 Å². The van der Waals surface area contributed by atoms with Crippen LogP contribution in [0.2, 0.25) is 10.0 Å². The van der Waals surface area contributed by atoms with E-state index in [-0.39, 0.29) is 29.6 Å². The largest absolute Gasteiger partial charge is 1.00 e. The van der Waals surface area contributed by atoms with Gasteiger partial charge in [0.15, 0.2) is 0 Å². The molecule has 0 bridgehead atoms. The van der Waals surface area contributed by atoms with Crippen LogP contribution < -0.4 is 44.1 Å². The molecule has 0 aliphatic heterocycles. The summed E-state index contributed by atoms with van der Waals surface area (Å²) in [6.45, 7) is 0.498. The first kappa shape index (κ1) is 29.6. The summed E-state index contributed by atoms with van der Waals surface area (Å²) in [5, 5.41) is 12.1. The Labute approximate surface area is 242 Å². The Bertz CT molecular complexity index is 1140. The molecule has 0 saturated heterocycles. The van der Waals surface area contributed by atoms with Gasteiger partial charge in [0.1, 0.15) is 17.2 Å². The zero-order valence-corrected chi connectivity index (χ0v) is 24.0. The fourth-order valence-corrected chi connectivity index (χ4v) is 4.52. The molecule has 9 heteroatoms. The number of aromatic nitrogens is 1. The normalized spacial score (nSPS) is 10.7. The first-order chi connectivity index (χ1) is 16.4. The first-order valence-electron chi connectivity index (χ1n) is 10.7. The second kappa shape index (κ2) is 15.4. The number of rotatable bonds is 12. The van der Waals surface area contributed by atoms with E-state index in [1.165, 1.54) is 23.4 Å². The number of carboxylic acid groups (broad SMARTS) is 1. The number of carbonyl (C=O) groups is 1. The first-order valence-corrected chi connectivity index (χ1v) is 12.4. The average Bonchev–Trinajstić information content (AvgIpc) is 2.83. The number of aryl methyl sites for hydroxylation is 1. The number of unbranched alkanes of at least 4 members (excludes halogenated alkanes) is 1. The smallest absolute Gasteiger partial charge is 0.545 e. The predicted molar refractivity (Wildman–Crippen MR) is 136 cm³/mol. The Kier molecular flexibility index (Phi) is 13.0. The molecule has 3 aromatic rings. The van der Waals surface area contributed by atoms with Crippen LogP contribution in [0.15, 0.2) is 65.6 Å². The van der Waals surface area contributed by atoms with Crippen molar-refractivity contribution in [2.24, 2.45) is 0 Å². The summed E-state index contributed by atoms with van der Waals surface area (Å²) in [6, 6.07) is 17.0. The van der Waals surface area contributed by atoms with E-state index < -0.39 is 5.97 Å². The van der Waals surface area contributed by atoms with Crippen LogP contribution in [0.3, 0.4) is 0 Å². The minimum atomic E-state index is -1.29. The standard InChI is InChI=1S/C26H25Cl2NO4S.Na/c1-32-21-9-5-18(6-10-21)4-2-3-15-33-24-12-8-20(29-23(24)11-14-26(30)31)17-34-25-13-7-19(27)16-22(25)28;/h5-14,16H,2-4,15,17H2,1H3,(H,30,31);/q;+1/p-1/b14-11+;. The zero-order chi connectivity index (χ0) is 24.3. The van der Waals surface area contributed by atoms with Crippen molar-refractivity contribution in [3.05, 3.63) is 87.7 Å². The summed E-state index contributed by atoms with van der Waals surface area (Å²) in [4.78, 5) is 16.4. The molecule has 178 valence electrons. The average molecular weight is 540 g/mol. The Morgan fingerprint density at radius 3 is 2.54 bits per heavy atom. The van der Waals surface area contributed by atoms with Crippen LogP contribution in [0.1, 0.15) is 29.8 Å². The van der Waals surface area contributed by atoms with Crippen LogP contribution in [0.25, 0.3) is 6.08 Å². The maximum Gasteiger partial charge on any atom is 1.00 e. The van der Waals surface area contributed by atoms with Crippen LogP contribution in [-0.4, -0.2) is 24.7 Å². The van der Waals surface area contributed by atoms with E-state index in [1.807, 2.05) is 30.3 Å². The fourth-order valence-electron chi connectivity index (χ4n) is 3.12. The Morgan fingerprint density at radius 2 is 1.86 bits per heavy atom. The molecule has 0 atom stereocenters. The van der Waals surface area contributed by atoms with E-state index in [9.17, 15) is 9.90 Å². The van der Waals surface area contributed by atoms with Crippen molar-refractivity contribution < 1.29 is 48.9 Å². The van der Waals surface area contributed by atoms with E-state index in [0.717, 1.165) is 41.7 Å². The van der Waals surface area contributed by atoms with Crippen LogP contribution in [0.5, 0.6) is 11.5 Å². The molecule has 3 rings (SSSR count). The topological polar surface area (TPSA) is 71.5 Å². The van der Waals surface area contributed by atoms with Crippen molar-refractivity contribution in [1.82, 2.24) is 4.98 Å². The number of pyridine rings is 1. The Morgan fingerprint density at radius 1 is 1.09 bits per heavy atom. The van der Waals surface area contributed by atoms with Gasteiger partial charge < -0.3 is 19.4 Å². The van der Waals surface area contributed by atoms with Crippen LogP contribution in [0, 0.1) is 0 Å². The molecule has 5 nitrogen and oxygen atoms in total. The number of ether oxygens (including phenoxy) is 2. The molecule has 0 unspecified atom stereocenters. The molecule has 0 N–H and O–H groups in total. The second-order valence-electron chi connectivity index (χ2n) is 7.36. The van der Waals surface area contributed by atoms with Crippen molar-refractivity contribution in [3.8, 4) is 11.5 Å². The van der Waals surface area contributed by atoms with Crippen LogP contribution in [-0.2, 0) is 17.0 Å². The van der Waals surface area contributed by atoms with Gasteiger partial charge in [-0.05, 0) is 79.4 Å². The van der Waals surface area contributed by atoms with Crippen molar-refractivity contribution in [3.63, 3.8) is 0 Å². The molecular weight excluding hydrogens is 516 g/mol. The number of nitrogens with zero attached hydrogens (tertiary/aromatic N) is 1. The van der Waals surface area contributed by atoms with Gasteiger partial charge in [-0.1, -0.05) is 35.3 Å². The summed E-state index contributed by atoms with van der Waals surface area (Å²) in [6.07, 6.45) is 5.09. The number of halogens is 2. The predicted octanol–water partition coefficient (Wildman–Crippen LogP) is 2.86. The number of methoxy groups -OCH3 is 1. The summed E-state index contributed by atoms with van der Waals surface area (Å²) < 4.78 is 11.1. The van der Waals surface area contributed by atoms with Gasteiger partial charge in [0, 0.05) is 15.7 Å². The number of hydrogen-bond donors (Lipinski definition) is 0.